The summed E-state index contributed by atoms with van der Waals surface area (Å²) in [5.41, 5.74) is 2.16. The van der Waals surface area contributed by atoms with Crippen LogP contribution in [0, 0.1) is 28.9 Å². The number of hydrogen-bond donors (Lipinski definition) is 0. The zero-order chi connectivity index (χ0) is 34.9. The lowest BCUT2D eigenvalue weighted by molar-refractivity contribution is -0.00166. The van der Waals surface area contributed by atoms with Crippen molar-refractivity contribution in [1.82, 2.24) is 19.7 Å². The summed E-state index contributed by atoms with van der Waals surface area (Å²) in [6.07, 6.45) is 3.33. The number of ether oxygens (including phenoxy) is 1. The second-order valence-corrected chi connectivity index (χ2v) is 14.5. The number of carbonyl (C=O) groups is 3. The highest BCUT2D eigenvalue weighted by atomic mass is 19.1. The van der Waals surface area contributed by atoms with Gasteiger partial charge in [0, 0.05) is 68.8 Å². The van der Waals surface area contributed by atoms with Gasteiger partial charge in [0.15, 0.2) is 5.78 Å². The number of benzene rings is 2. The third kappa shape index (κ3) is 7.49. The Hall–Kier alpha value is -4.69. The molecule has 0 N–H and O–H groups in total. The van der Waals surface area contributed by atoms with Crippen LogP contribution >= 0.6 is 0 Å². The minimum atomic E-state index is -0.745. The van der Waals surface area contributed by atoms with Crippen molar-refractivity contribution < 1.29 is 27.9 Å². The molecule has 2 aromatic carbocycles. The highest BCUT2D eigenvalue weighted by Crippen LogP contribution is 2.35. The fourth-order valence-corrected chi connectivity index (χ4v) is 6.97. The van der Waals surface area contributed by atoms with Gasteiger partial charge in [-0.3, -0.25) is 24.4 Å². The molecule has 3 aliphatic rings. The number of amides is 2. The van der Waals surface area contributed by atoms with Crippen LogP contribution in [0.5, 0.6) is 0 Å². The minimum Gasteiger partial charge on any atom is -0.441 e. The highest BCUT2D eigenvalue weighted by molar-refractivity contribution is 5.98. The SMILES string of the molecule is CC(C)(C)c1ccc(C(=O)C2CCN(C(=O)c3ccc(CN4CC5(CCN(Cc6c(F)cc(C#N)cc6F)CC5)OC4=O)nc3)CC2)cc1. The molecule has 0 unspecified atom stereocenters. The lowest BCUT2D eigenvalue weighted by Gasteiger charge is -2.37. The maximum absolute atomic E-state index is 14.4. The topological polar surface area (TPSA) is 107 Å². The molecule has 2 amide bonds. The van der Waals surface area contributed by atoms with Crippen molar-refractivity contribution in [3.8, 4) is 6.07 Å². The van der Waals surface area contributed by atoms with Gasteiger partial charge in [0.05, 0.1) is 36.0 Å². The summed E-state index contributed by atoms with van der Waals surface area (Å²) >= 11 is 0. The summed E-state index contributed by atoms with van der Waals surface area (Å²) in [6.45, 7) is 9.06. The number of aromatic nitrogens is 1. The first kappa shape index (κ1) is 34.2. The Bertz CT molecular complexity index is 1740. The van der Waals surface area contributed by atoms with Crippen LogP contribution in [-0.4, -0.2) is 75.8 Å². The van der Waals surface area contributed by atoms with Crippen LogP contribution in [0.25, 0.3) is 0 Å². The van der Waals surface area contributed by atoms with Gasteiger partial charge < -0.3 is 9.64 Å². The van der Waals surface area contributed by atoms with Crippen LogP contribution in [0.15, 0.2) is 54.7 Å². The summed E-state index contributed by atoms with van der Waals surface area (Å²) in [4.78, 5) is 49.0. The summed E-state index contributed by atoms with van der Waals surface area (Å²) < 4.78 is 34.7. The number of nitriles is 1. The number of likely N-dealkylation sites (tertiary alicyclic amines) is 2. The molecule has 3 saturated heterocycles. The normalized spacial score (nSPS) is 18.4. The lowest BCUT2D eigenvalue weighted by atomic mass is 9.84. The van der Waals surface area contributed by atoms with Gasteiger partial charge in [-0.1, -0.05) is 45.0 Å². The van der Waals surface area contributed by atoms with Gasteiger partial charge in [-0.25, -0.2) is 13.6 Å². The smallest absolute Gasteiger partial charge is 0.410 e. The van der Waals surface area contributed by atoms with E-state index >= 15 is 0 Å². The number of rotatable bonds is 7. The standard InChI is InChI=1S/C38H41F2N5O4/c1-37(2,3)29-7-4-26(5-8-29)34(46)27-10-14-44(15-11-27)35(47)28-6-9-30(42-21-28)22-45-24-38(49-36(45)48)12-16-43(17-13-38)23-31-32(39)18-25(20-41)19-33(31)40/h4-9,18-19,21,27H,10-17,22-24H2,1-3H3. The van der Waals surface area contributed by atoms with E-state index in [1.807, 2.05) is 29.2 Å². The Balaban J connectivity index is 0.979. The number of halogens is 2. The molecule has 1 spiro atoms. The Morgan fingerprint density at radius 2 is 1.59 bits per heavy atom. The molecule has 0 bridgehead atoms. The zero-order valence-electron chi connectivity index (χ0n) is 28.2. The predicted octanol–water partition coefficient (Wildman–Crippen LogP) is 6.25. The molecule has 0 radical (unpaired) electrons. The molecule has 3 aromatic rings. The first-order valence-electron chi connectivity index (χ1n) is 16.8. The summed E-state index contributed by atoms with van der Waals surface area (Å²) in [5, 5.41) is 8.94. The number of pyridine rings is 1. The van der Waals surface area contributed by atoms with Crippen molar-refractivity contribution in [3.63, 3.8) is 0 Å². The maximum atomic E-state index is 14.4. The molecule has 0 aliphatic carbocycles. The van der Waals surface area contributed by atoms with Crippen molar-refractivity contribution >= 4 is 17.8 Å². The van der Waals surface area contributed by atoms with Crippen LogP contribution in [-0.2, 0) is 23.2 Å². The van der Waals surface area contributed by atoms with Crippen LogP contribution in [0.4, 0.5) is 13.6 Å². The molecule has 3 fully saturated rings. The Morgan fingerprint density at radius 3 is 2.16 bits per heavy atom. The van der Waals surface area contributed by atoms with Gasteiger partial charge in [-0.05, 0) is 48.1 Å². The molecule has 256 valence electrons. The molecule has 6 rings (SSSR count). The quantitative estimate of drug-likeness (QED) is 0.274. The third-order valence-electron chi connectivity index (χ3n) is 10.1. The van der Waals surface area contributed by atoms with E-state index in [-0.39, 0.29) is 47.2 Å². The average Bonchev–Trinajstić information content (AvgIpc) is 3.39. The average molecular weight is 670 g/mol. The van der Waals surface area contributed by atoms with Crippen LogP contribution in [0.3, 0.4) is 0 Å². The summed E-state index contributed by atoms with van der Waals surface area (Å²) in [5.74, 6) is -1.61. The molecule has 0 atom stereocenters. The second kappa shape index (κ2) is 13.7. The number of Topliss-reactive ketones (excluding diaryl/α,β-unsaturated/α-hetero) is 1. The number of carbonyl (C=O) groups excluding carboxylic acids is 3. The summed E-state index contributed by atoms with van der Waals surface area (Å²) in [6, 6.07) is 15.2. The van der Waals surface area contributed by atoms with Gasteiger partial charge in [-0.2, -0.15) is 5.26 Å². The van der Waals surface area contributed by atoms with E-state index in [9.17, 15) is 23.2 Å². The highest BCUT2D eigenvalue weighted by Gasteiger charge is 2.47. The molecular formula is C38H41F2N5O4. The number of hydrogen-bond acceptors (Lipinski definition) is 7. The first-order chi connectivity index (χ1) is 23.3. The van der Waals surface area contributed by atoms with Crippen molar-refractivity contribution in [1.29, 1.82) is 5.26 Å². The Labute approximate surface area is 285 Å². The molecule has 4 heterocycles. The largest absolute Gasteiger partial charge is 0.441 e. The second-order valence-electron chi connectivity index (χ2n) is 14.5. The molecule has 1 aromatic heterocycles. The van der Waals surface area contributed by atoms with Gasteiger partial charge in [0.1, 0.15) is 17.2 Å². The fourth-order valence-electron chi connectivity index (χ4n) is 6.97. The van der Waals surface area contributed by atoms with Crippen molar-refractivity contribution in [2.24, 2.45) is 5.92 Å². The van der Waals surface area contributed by atoms with E-state index in [1.165, 1.54) is 11.8 Å². The van der Waals surface area contributed by atoms with E-state index < -0.39 is 23.3 Å². The molecule has 3 aliphatic heterocycles. The third-order valence-corrected chi connectivity index (χ3v) is 10.1. The van der Waals surface area contributed by atoms with Crippen LogP contribution in [0.2, 0.25) is 0 Å². The number of nitrogens with zero attached hydrogens (tertiary/aromatic N) is 5. The van der Waals surface area contributed by atoms with Gasteiger partial charge >= 0.3 is 6.09 Å². The maximum Gasteiger partial charge on any atom is 0.410 e. The Morgan fingerprint density at radius 1 is 0.959 bits per heavy atom. The zero-order valence-corrected chi connectivity index (χ0v) is 28.2. The molecule has 49 heavy (non-hydrogen) atoms. The van der Waals surface area contributed by atoms with Gasteiger partial charge in [0.2, 0.25) is 0 Å². The van der Waals surface area contributed by atoms with E-state index in [4.69, 9.17) is 10.00 Å². The monoisotopic (exact) mass is 669 g/mol. The fraction of sp³-hybridized carbons (Fsp3) is 0.447. The predicted molar refractivity (Wildman–Crippen MR) is 178 cm³/mol. The Kier molecular flexibility index (Phi) is 9.54. The van der Waals surface area contributed by atoms with Gasteiger partial charge in [-0.15, -0.1) is 0 Å². The van der Waals surface area contributed by atoms with E-state index in [1.54, 1.807) is 28.0 Å². The van der Waals surface area contributed by atoms with E-state index in [0.717, 1.165) is 12.1 Å². The van der Waals surface area contributed by atoms with Crippen LogP contribution < -0.4 is 0 Å². The van der Waals surface area contributed by atoms with E-state index in [0.29, 0.717) is 75.2 Å². The lowest BCUT2D eigenvalue weighted by Crippen LogP contribution is -2.46. The molecule has 11 heteroatoms. The first-order valence-corrected chi connectivity index (χ1v) is 16.8. The van der Waals surface area contributed by atoms with Gasteiger partial charge in [0.25, 0.3) is 5.91 Å². The number of piperidine rings is 2. The van der Waals surface area contributed by atoms with E-state index in [2.05, 4.69) is 25.8 Å². The number of ketones is 1. The molecular weight excluding hydrogens is 628 g/mol. The molecule has 0 saturated carbocycles. The summed E-state index contributed by atoms with van der Waals surface area (Å²) in [7, 11) is 0. The van der Waals surface area contributed by atoms with Crippen molar-refractivity contribution in [3.05, 3.63) is 99.9 Å². The van der Waals surface area contributed by atoms with Crippen molar-refractivity contribution in [2.75, 3.05) is 32.7 Å². The molecule has 9 nitrogen and oxygen atoms in total. The minimum absolute atomic E-state index is 0.0201. The van der Waals surface area contributed by atoms with Crippen molar-refractivity contribution in [2.45, 2.75) is 70.6 Å². The van der Waals surface area contributed by atoms with Crippen LogP contribution in [0.1, 0.15) is 89.6 Å².